The molecule has 2 fully saturated rings. The molecule has 22 heavy (non-hydrogen) atoms. The maximum atomic E-state index is 14.2. The average molecular weight is 313 g/mol. The number of benzene rings is 1. The number of halogens is 2. The first-order valence-corrected chi connectivity index (χ1v) is 6.67. The molecular weight excluding hydrogens is 300 g/mol. The number of fused-ring (bicyclic) bond motifs is 1. The number of nitrogens with one attached hydrogen (secondary N) is 1. The van der Waals surface area contributed by atoms with Crippen molar-refractivity contribution >= 4 is 12.1 Å². The van der Waals surface area contributed by atoms with Gasteiger partial charge >= 0.3 is 12.1 Å². The van der Waals surface area contributed by atoms with Crippen LogP contribution in [0.5, 0.6) is 0 Å². The quantitative estimate of drug-likeness (QED) is 0.862. The second-order valence-corrected chi connectivity index (χ2v) is 5.39. The van der Waals surface area contributed by atoms with Gasteiger partial charge in [0.05, 0.1) is 13.2 Å². The molecule has 0 aromatic heterocycles. The van der Waals surface area contributed by atoms with Gasteiger partial charge in [0.15, 0.2) is 6.10 Å². The van der Waals surface area contributed by atoms with Crippen LogP contribution in [0.25, 0.3) is 0 Å². The molecule has 1 amide bonds. The molecule has 1 aromatic rings. The number of carbonyl (C=O) groups excluding carboxylic acids is 1. The van der Waals surface area contributed by atoms with Crippen molar-refractivity contribution in [1.29, 1.82) is 0 Å². The Hall–Kier alpha value is -2.22. The molecule has 1 aromatic carbocycles. The third-order valence-corrected chi connectivity index (χ3v) is 4.13. The minimum Gasteiger partial charge on any atom is -0.479 e. The van der Waals surface area contributed by atoms with E-state index in [0.29, 0.717) is 0 Å². The van der Waals surface area contributed by atoms with Crippen molar-refractivity contribution < 1.29 is 33.0 Å². The molecular formula is C14H13F2NO5. The van der Waals surface area contributed by atoms with Gasteiger partial charge in [0.2, 0.25) is 0 Å². The molecule has 6 nitrogen and oxygen atoms in total. The summed E-state index contributed by atoms with van der Waals surface area (Å²) in [6, 6.07) is 2.91. The number of carbonyl (C=O) groups is 2. The Morgan fingerprint density at radius 3 is 2.91 bits per heavy atom. The highest BCUT2D eigenvalue weighted by atomic mass is 19.1. The smallest absolute Gasteiger partial charge is 0.407 e. The van der Waals surface area contributed by atoms with E-state index < -0.39 is 41.3 Å². The predicted molar refractivity (Wildman–Crippen MR) is 68.0 cm³/mol. The lowest BCUT2D eigenvalue weighted by Crippen LogP contribution is -2.63. The van der Waals surface area contributed by atoms with Crippen LogP contribution in [-0.2, 0) is 19.8 Å². The van der Waals surface area contributed by atoms with Crippen LogP contribution in [0.4, 0.5) is 13.6 Å². The summed E-state index contributed by atoms with van der Waals surface area (Å²) in [5.74, 6) is -3.06. The number of carboxylic acid groups (broad SMARTS) is 1. The van der Waals surface area contributed by atoms with Crippen molar-refractivity contribution in [3.05, 3.63) is 35.4 Å². The maximum Gasteiger partial charge on any atom is 0.407 e. The van der Waals surface area contributed by atoms with Crippen molar-refractivity contribution in [3.8, 4) is 0 Å². The van der Waals surface area contributed by atoms with Gasteiger partial charge in [-0.2, -0.15) is 0 Å². The lowest BCUT2D eigenvalue weighted by Gasteiger charge is -2.48. The largest absolute Gasteiger partial charge is 0.479 e. The zero-order valence-corrected chi connectivity index (χ0v) is 11.3. The van der Waals surface area contributed by atoms with E-state index in [-0.39, 0.29) is 25.2 Å². The molecule has 2 N–H and O–H groups in total. The predicted octanol–water partition coefficient (Wildman–Crippen LogP) is 1.39. The average Bonchev–Trinajstić information content (AvgIpc) is 2.48. The summed E-state index contributed by atoms with van der Waals surface area (Å²) < 4.78 is 37.8. The highest BCUT2D eigenvalue weighted by Gasteiger charge is 2.52. The molecule has 0 unspecified atom stereocenters. The minimum absolute atomic E-state index is 0.0194. The van der Waals surface area contributed by atoms with Crippen molar-refractivity contribution in [3.63, 3.8) is 0 Å². The molecule has 0 saturated carbocycles. The van der Waals surface area contributed by atoms with Crippen molar-refractivity contribution in [2.24, 2.45) is 5.92 Å². The van der Waals surface area contributed by atoms with Gasteiger partial charge in [-0.15, -0.1) is 0 Å². The van der Waals surface area contributed by atoms with Gasteiger partial charge in [-0.25, -0.2) is 18.4 Å². The summed E-state index contributed by atoms with van der Waals surface area (Å²) in [6.45, 7) is -0.362. The SMILES string of the molecule is O=C1N[C@@]2(c3cc(F)ccc3F)CO[C@@H](C(=O)O)C[C@H]2CO1. The fraction of sp³-hybridized carbons (Fsp3) is 0.429. The third-order valence-electron chi connectivity index (χ3n) is 4.13. The van der Waals surface area contributed by atoms with Gasteiger partial charge < -0.3 is 19.9 Å². The van der Waals surface area contributed by atoms with Crippen molar-refractivity contribution in [2.75, 3.05) is 13.2 Å². The number of rotatable bonds is 2. The second-order valence-electron chi connectivity index (χ2n) is 5.39. The van der Waals surface area contributed by atoms with Gasteiger partial charge in [-0.05, 0) is 24.6 Å². The standard InChI is InChI=1S/C14H13F2NO5/c15-8-1-2-10(16)9(4-8)14-6-22-11(12(18)19)3-7(14)5-21-13(20)17-14/h1-2,4,7,11H,3,5-6H2,(H,17,20)(H,18,19)/t7-,11+,14-/m0/s1. The highest BCUT2D eigenvalue weighted by Crippen LogP contribution is 2.41. The Kier molecular flexibility index (Phi) is 3.48. The van der Waals surface area contributed by atoms with E-state index in [1.807, 2.05) is 0 Å². The zero-order valence-electron chi connectivity index (χ0n) is 11.3. The molecule has 8 heteroatoms. The zero-order chi connectivity index (χ0) is 15.9. The number of cyclic esters (lactones) is 1. The highest BCUT2D eigenvalue weighted by molar-refractivity contribution is 5.73. The molecule has 0 spiro atoms. The molecule has 0 radical (unpaired) electrons. The summed E-state index contributed by atoms with van der Waals surface area (Å²) in [5, 5.41) is 11.5. The van der Waals surface area contributed by atoms with Crippen LogP contribution < -0.4 is 5.32 Å². The van der Waals surface area contributed by atoms with Crippen LogP contribution in [0.3, 0.4) is 0 Å². The topological polar surface area (TPSA) is 84.9 Å². The first-order chi connectivity index (χ1) is 10.4. The number of ether oxygens (including phenoxy) is 2. The van der Waals surface area contributed by atoms with Crippen LogP contribution in [0.2, 0.25) is 0 Å². The normalized spacial score (nSPS) is 30.9. The number of alkyl carbamates (subject to hydrolysis) is 1. The molecule has 2 heterocycles. The maximum absolute atomic E-state index is 14.2. The summed E-state index contributed by atoms with van der Waals surface area (Å²) >= 11 is 0. The van der Waals surface area contributed by atoms with E-state index in [1.54, 1.807) is 0 Å². The number of carboxylic acids is 1. The van der Waals surface area contributed by atoms with E-state index in [2.05, 4.69) is 5.32 Å². The Morgan fingerprint density at radius 2 is 2.18 bits per heavy atom. The first-order valence-electron chi connectivity index (χ1n) is 6.67. The Balaban J connectivity index is 2.04. The Labute approximate surface area is 124 Å². The second kappa shape index (κ2) is 5.20. The molecule has 3 rings (SSSR count). The molecule has 0 bridgehead atoms. The number of amides is 1. The van der Waals surface area contributed by atoms with Crippen molar-refractivity contribution in [1.82, 2.24) is 5.32 Å². The Bertz CT molecular complexity index is 638. The number of hydrogen-bond acceptors (Lipinski definition) is 4. The van der Waals surface area contributed by atoms with Crippen LogP contribution in [0.15, 0.2) is 18.2 Å². The van der Waals surface area contributed by atoms with E-state index >= 15 is 0 Å². The van der Waals surface area contributed by atoms with Gasteiger partial charge in [0, 0.05) is 11.5 Å². The third kappa shape index (κ3) is 2.29. The van der Waals surface area contributed by atoms with Crippen LogP contribution >= 0.6 is 0 Å². The lowest BCUT2D eigenvalue weighted by atomic mass is 9.73. The van der Waals surface area contributed by atoms with Gasteiger partial charge in [0.25, 0.3) is 0 Å². The number of aliphatic carboxylic acids is 1. The molecule has 0 aliphatic carbocycles. The summed E-state index contributed by atoms with van der Waals surface area (Å²) in [7, 11) is 0. The van der Waals surface area contributed by atoms with Gasteiger partial charge in [-0.3, -0.25) is 0 Å². The fourth-order valence-corrected chi connectivity index (χ4v) is 3.00. The van der Waals surface area contributed by atoms with Gasteiger partial charge in [-0.1, -0.05) is 0 Å². The molecule has 2 aliphatic rings. The monoisotopic (exact) mass is 313 g/mol. The molecule has 118 valence electrons. The van der Waals surface area contributed by atoms with E-state index in [0.717, 1.165) is 18.2 Å². The summed E-state index contributed by atoms with van der Waals surface area (Å²) in [6.07, 6.45) is -1.84. The van der Waals surface area contributed by atoms with Crippen molar-refractivity contribution in [2.45, 2.75) is 18.1 Å². The molecule has 2 saturated heterocycles. The fourth-order valence-electron chi connectivity index (χ4n) is 3.00. The van der Waals surface area contributed by atoms with Crippen LogP contribution in [0.1, 0.15) is 12.0 Å². The molecule has 3 atom stereocenters. The van der Waals surface area contributed by atoms with Gasteiger partial charge in [0.1, 0.15) is 17.2 Å². The van der Waals surface area contributed by atoms with Crippen LogP contribution in [-0.4, -0.2) is 36.5 Å². The minimum atomic E-state index is -1.34. The summed E-state index contributed by atoms with van der Waals surface area (Å²) in [4.78, 5) is 22.7. The number of hydrogen-bond donors (Lipinski definition) is 2. The summed E-state index contributed by atoms with van der Waals surface area (Å²) in [5.41, 5.74) is -1.41. The first kappa shape index (κ1) is 14.7. The van der Waals surface area contributed by atoms with E-state index in [1.165, 1.54) is 0 Å². The Morgan fingerprint density at radius 1 is 1.41 bits per heavy atom. The van der Waals surface area contributed by atoms with E-state index in [9.17, 15) is 18.4 Å². The lowest BCUT2D eigenvalue weighted by molar-refractivity contribution is -0.165. The molecule has 2 aliphatic heterocycles. The van der Waals surface area contributed by atoms with Crippen LogP contribution in [0, 0.1) is 17.6 Å². The van der Waals surface area contributed by atoms with E-state index in [4.69, 9.17) is 14.6 Å².